The number of halogens is 5. The zero-order valence-corrected chi connectivity index (χ0v) is 14.8. The standard InChI is InChI=1S/C18H14F5N3O3/c1-27-14-7-10(5-6-13(14)28-17(19)20)16-25-15(29-26-16)9-24-12-4-2-3-11(8-12)18(21,22)23/h2-8,17,24H,9H2,1H3. The Balaban J connectivity index is 1.71. The van der Waals surface area contributed by atoms with Crippen molar-refractivity contribution in [2.45, 2.75) is 19.3 Å². The van der Waals surface area contributed by atoms with Gasteiger partial charge >= 0.3 is 12.8 Å². The van der Waals surface area contributed by atoms with Gasteiger partial charge in [-0.1, -0.05) is 11.2 Å². The summed E-state index contributed by atoms with van der Waals surface area (Å²) in [6.07, 6.45) is -4.45. The number of nitrogens with one attached hydrogen (secondary N) is 1. The van der Waals surface area contributed by atoms with Crippen molar-refractivity contribution in [3.05, 3.63) is 53.9 Å². The lowest BCUT2D eigenvalue weighted by molar-refractivity contribution is -0.137. The highest BCUT2D eigenvalue weighted by Crippen LogP contribution is 2.33. The molecule has 0 spiro atoms. The summed E-state index contributed by atoms with van der Waals surface area (Å²) in [5.74, 6) is 0.162. The molecule has 1 N–H and O–H groups in total. The van der Waals surface area contributed by atoms with E-state index >= 15 is 0 Å². The fourth-order valence-electron chi connectivity index (χ4n) is 2.43. The first-order valence-corrected chi connectivity index (χ1v) is 8.13. The van der Waals surface area contributed by atoms with Crippen molar-refractivity contribution in [2.75, 3.05) is 12.4 Å². The SMILES string of the molecule is COc1cc(-c2noc(CNc3cccc(C(F)(F)F)c3)n2)ccc1OC(F)F. The van der Waals surface area contributed by atoms with Crippen molar-refractivity contribution < 1.29 is 35.9 Å². The van der Waals surface area contributed by atoms with E-state index < -0.39 is 18.4 Å². The molecule has 3 aromatic rings. The van der Waals surface area contributed by atoms with Gasteiger partial charge in [0.2, 0.25) is 11.7 Å². The lowest BCUT2D eigenvalue weighted by Crippen LogP contribution is -2.06. The summed E-state index contributed by atoms with van der Waals surface area (Å²) in [6.45, 7) is -3.02. The van der Waals surface area contributed by atoms with E-state index in [1.165, 1.54) is 37.4 Å². The fraction of sp³-hybridized carbons (Fsp3) is 0.222. The van der Waals surface area contributed by atoms with Gasteiger partial charge < -0.3 is 19.3 Å². The van der Waals surface area contributed by atoms with Crippen LogP contribution in [0.1, 0.15) is 11.5 Å². The highest BCUT2D eigenvalue weighted by Gasteiger charge is 2.30. The molecule has 29 heavy (non-hydrogen) atoms. The van der Waals surface area contributed by atoms with E-state index in [1.54, 1.807) is 0 Å². The Morgan fingerprint density at radius 1 is 1.10 bits per heavy atom. The Bertz CT molecular complexity index is 975. The second-order valence-electron chi connectivity index (χ2n) is 5.69. The van der Waals surface area contributed by atoms with E-state index in [0.717, 1.165) is 12.1 Å². The van der Waals surface area contributed by atoms with Crippen LogP contribution in [-0.2, 0) is 12.7 Å². The zero-order chi connectivity index (χ0) is 21.0. The topological polar surface area (TPSA) is 69.4 Å². The number of aromatic nitrogens is 2. The molecule has 0 aliphatic heterocycles. The molecule has 0 radical (unpaired) electrons. The second kappa shape index (κ2) is 8.33. The van der Waals surface area contributed by atoms with Gasteiger partial charge in [-0.2, -0.15) is 26.9 Å². The maximum Gasteiger partial charge on any atom is 0.416 e. The Hall–Kier alpha value is -3.37. The van der Waals surface area contributed by atoms with Gasteiger partial charge in [-0.3, -0.25) is 0 Å². The Labute approximate surface area is 161 Å². The summed E-state index contributed by atoms with van der Waals surface area (Å²) in [5, 5.41) is 6.54. The van der Waals surface area contributed by atoms with Crippen LogP contribution in [0.5, 0.6) is 11.5 Å². The first-order valence-electron chi connectivity index (χ1n) is 8.13. The van der Waals surface area contributed by atoms with Gasteiger partial charge in [0.25, 0.3) is 0 Å². The van der Waals surface area contributed by atoms with Gasteiger partial charge in [-0.25, -0.2) is 0 Å². The lowest BCUT2D eigenvalue weighted by Gasteiger charge is -2.10. The average Bonchev–Trinajstić information content (AvgIpc) is 3.15. The summed E-state index contributed by atoms with van der Waals surface area (Å²) in [4.78, 5) is 4.13. The molecule has 0 amide bonds. The van der Waals surface area contributed by atoms with Crippen molar-refractivity contribution in [1.29, 1.82) is 0 Å². The minimum absolute atomic E-state index is 0.0159. The molecule has 1 heterocycles. The van der Waals surface area contributed by atoms with Crippen molar-refractivity contribution in [3.63, 3.8) is 0 Å². The molecule has 1 aromatic heterocycles. The smallest absolute Gasteiger partial charge is 0.416 e. The van der Waals surface area contributed by atoms with Crippen molar-refractivity contribution >= 4 is 5.69 Å². The number of alkyl halides is 5. The average molecular weight is 415 g/mol. The highest BCUT2D eigenvalue weighted by molar-refractivity contribution is 5.60. The van der Waals surface area contributed by atoms with E-state index in [1.807, 2.05) is 0 Å². The number of hydrogen-bond donors (Lipinski definition) is 1. The third-order valence-corrected chi connectivity index (χ3v) is 3.74. The van der Waals surface area contributed by atoms with Crippen LogP contribution in [0.25, 0.3) is 11.4 Å². The maximum atomic E-state index is 12.8. The van der Waals surface area contributed by atoms with Crippen molar-refractivity contribution in [2.24, 2.45) is 0 Å². The van der Waals surface area contributed by atoms with E-state index in [4.69, 9.17) is 9.26 Å². The van der Waals surface area contributed by atoms with Gasteiger partial charge in [-0.05, 0) is 36.4 Å². The molecule has 154 valence electrons. The molecule has 0 atom stereocenters. The second-order valence-corrected chi connectivity index (χ2v) is 5.69. The molecule has 0 bridgehead atoms. The van der Waals surface area contributed by atoms with E-state index in [0.29, 0.717) is 5.56 Å². The number of rotatable bonds is 7. The predicted octanol–water partition coefficient (Wildman–Crippen LogP) is 4.98. The van der Waals surface area contributed by atoms with E-state index in [2.05, 4.69) is 20.2 Å². The van der Waals surface area contributed by atoms with Gasteiger partial charge in [0.1, 0.15) is 0 Å². The molecule has 3 rings (SSSR count). The normalized spacial score (nSPS) is 11.6. The number of hydrogen-bond acceptors (Lipinski definition) is 6. The molecular weight excluding hydrogens is 401 g/mol. The zero-order valence-electron chi connectivity index (χ0n) is 14.8. The first kappa shape index (κ1) is 20.4. The van der Waals surface area contributed by atoms with E-state index in [-0.39, 0.29) is 35.4 Å². The van der Waals surface area contributed by atoms with Crippen molar-refractivity contribution in [1.82, 2.24) is 10.1 Å². The van der Waals surface area contributed by atoms with Crippen LogP contribution in [0.2, 0.25) is 0 Å². The Morgan fingerprint density at radius 2 is 1.90 bits per heavy atom. The fourth-order valence-corrected chi connectivity index (χ4v) is 2.43. The summed E-state index contributed by atoms with van der Waals surface area (Å²) >= 11 is 0. The van der Waals surface area contributed by atoms with Crippen LogP contribution in [0.4, 0.5) is 27.6 Å². The maximum absolute atomic E-state index is 12.8. The summed E-state index contributed by atoms with van der Waals surface area (Å²) < 4.78 is 77.5. The number of benzene rings is 2. The molecule has 0 unspecified atom stereocenters. The lowest BCUT2D eigenvalue weighted by atomic mass is 10.2. The summed E-state index contributed by atoms with van der Waals surface area (Å²) in [7, 11) is 1.29. The number of nitrogens with zero attached hydrogens (tertiary/aromatic N) is 2. The predicted molar refractivity (Wildman–Crippen MR) is 91.7 cm³/mol. The minimum Gasteiger partial charge on any atom is -0.493 e. The third-order valence-electron chi connectivity index (χ3n) is 3.74. The molecule has 11 heteroatoms. The first-order chi connectivity index (χ1) is 13.8. The van der Waals surface area contributed by atoms with Gasteiger partial charge in [0, 0.05) is 11.3 Å². The molecule has 0 fully saturated rings. The largest absolute Gasteiger partial charge is 0.493 e. The molecular formula is C18H14F5N3O3. The van der Waals surface area contributed by atoms with Crippen LogP contribution in [0.15, 0.2) is 47.0 Å². The number of methoxy groups -OCH3 is 1. The number of ether oxygens (including phenoxy) is 2. The van der Waals surface area contributed by atoms with Crippen LogP contribution in [0.3, 0.4) is 0 Å². The third kappa shape index (κ3) is 5.12. The van der Waals surface area contributed by atoms with Crippen molar-refractivity contribution in [3.8, 4) is 22.9 Å². The van der Waals surface area contributed by atoms with Crippen LogP contribution in [0, 0.1) is 0 Å². The summed E-state index contributed by atoms with van der Waals surface area (Å²) in [5.41, 5.74) is -0.140. The quantitative estimate of drug-likeness (QED) is 0.549. The molecule has 0 aliphatic carbocycles. The molecule has 0 aliphatic rings. The van der Waals surface area contributed by atoms with Gasteiger partial charge in [0.05, 0.1) is 19.2 Å². The van der Waals surface area contributed by atoms with Crippen LogP contribution in [-0.4, -0.2) is 23.9 Å². The van der Waals surface area contributed by atoms with Gasteiger partial charge in [0.15, 0.2) is 11.5 Å². The monoisotopic (exact) mass is 415 g/mol. The van der Waals surface area contributed by atoms with Crippen LogP contribution >= 0.6 is 0 Å². The summed E-state index contributed by atoms with van der Waals surface area (Å²) in [6, 6.07) is 8.78. The minimum atomic E-state index is -4.45. The number of anilines is 1. The highest BCUT2D eigenvalue weighted by atomic mass is 19.4. The van der Waals surface area contributed by atoms with E-state index in [9.17, 15) is 22.0 Å². The van der Waals surface area contributed by atoms with Gasteiger partial charge in [-0.15, -0.1) is 0 Å². The Kier molecular flexibility index (Phi) is 5.85. The van der Waals surface area contributed by atoms with Crippen LogP contribution < -0.4 is 14.8 Å². The molecule has 2 aromatic carbocycles. The molecule has 6 nitrogen and oxygen atoms in total. The molecule has 0 saturated heterocycles. The molecule has 0 saturated carbocycles. The Morgan fingerprint density at radius 3 is 2.59 bits per heavy atom.